The lowest BCUT2D eigenvalue weighted by Crippen LogP contribution is -1.98. The first-order valence-corrected chi connectivity index (χ1v) is 8.12. The monoisotopic (exact) mass is 313 g/mol. The van der Waals surface area contributed by atoms with E-state index in [4.69, 9.17) is 0 Å². The van der Waals surface area contributed by atoms with Crippen molar-refractivity contribution in [2.24, 2.45) is 0 Å². The highest BCUT2D eigenvalue weighted by molar-refractivity contribution is 6.17. The summed E-state index contributed by atoms with van der Waals surface area (Å²) in [6, 6.07) is 22.4. The quantitative estimate of drug-likeness (QED) is 0.348. The normalized spacial score (nSPS) is 11.1. The number of phenolic OH excluding ortho intramolecular Hbond substituents is 1. The van der Waals surface area contributed by atoms with Crippen LogP contribution in [0.5, 0.6) is 5.75 Å². The van der Waals surface area contributed by atoms with Gasteiger partial charge in [-0.2, -0.15) is 0 Å². The van der Waals surface area contributed by atoms with E-state index in [0.717, 1.165) is 44.0 Å². The molecule has 4 rings (SSSR count). The highest BCUT2D eigenvalue weighted by Gasteiger charge is 2.14. The molecule has 4 aromatic rings. The van der Waals surface area contributed by atoms with Crippen molar-refractivity contribution in [3.05, 3.63) is 77.9 Å². The number of benzene rings is 4. The summed E-state index contributed by atoms with van der Waals surface area (Å²) in [5.41, 5.74) is 4.13. The van der Waals surface area contributed by atoms with Crippen molar-refractivity contribution in [2.45, 2.75) is 13.8 Å². The first-order chi connectivity index (χ1) is 11.7. The van der Waals surface area contributed by atoms with Crippen molar-refractivity contribution in [3.8, 4) is 5.75 Å². The minimum atomic E-state index is 0.298. The first-order valence-electron chi connectivity index (χ1n) is 8.12. The van der Waals surface area contributed by atoms with E-state index in [9.17, 15) is 5.11 Å². The number of aryl methyl sites for hydroxylation is 2. The predicted molar refractivity (Wildman–Crippen MR) is 102 cm³/mol. The lowest BCUT2D eigenvalue weighted by atomic mass is 9.98. The molecule has 0 aromatic heterocycles. The molecule has 2 N–H and O–H groups in total. The highest BCUT2D eigenvalue weighted by atomic mass is 16.3. The van der Waals surface area contributed by atoms with E-state index in [2.05, 4.69) is 49.5 Å². The predicted octanol–water partition coefficient (Wildman–Crippen LogP) is 6.06. The molecule has 0 bridgehead atoms. The Hall–Kier alpha value is -3.00. The molecule has 24 heavy (non-hydrogen) atoms. The summed E-state index contributed by atoms with van der Waals surface area (Å²) < 4.78 is 0. The maximum Gasteiger partial charge on any atom is 0.147 e. The molecule has 2 nitrogen and oxygen atoms in total. The van der Waals surface area contributed by atoms with Crippen molar-refractivity contribution < 1.29 is 5.11 Å². The number of para-hydroxylation sites is 1. The fourth-order valence-corrected chi connectivity index (χ4v) is 3.39. The van der Waals surface area contributed by atoms with E-state index in [1.165, 1.54) is 0 Å². The van der Waals surface area contributed by atoms with Gasteiger partial charge in [-0.3, -0.25) is 0 Å². The lowest BCUT2D eigenvalue weighted by molar-refractivity contribution is 0.484. The Morgan fingerprint density at radius 3 is 1.71 bits per heavy atom. The summed E-state index contributed by atoms with van der Waals surface area (Å²) in [5.74, 6) is 0.298. The Labute approximate surface area is 141 Å². The largest absolute Gasteiger partial charge is 0.505 e. The number of hydrogen-bond donors (Lipinski definition) is 2. The molecule has 118 valence electrons. The van der Waals surface area contributed by atoms with Gasteiger partial charge in [0.25, 0.3) is 0 Å². The van der Waals surface area contributed by atoms with E-state index in [1.54, 1.807) is 0 Å². The van der Waals surface area contributed by atoms with Gasteiger partial charge in [-0.25, -0.2) is 0 Å². The number of aromatic hydroxyl groups is 1. The number of anilines is 2. The smallest absolute Gasteiger partial charge is 0.147 e. The van der Waals surface area contributed by atoms with Crippen molar-refractivity contribution in [3.63, 3.8) is 0 Å². The third kappa shape index (κ3) is 2.19. The van der Waals surface area contributed by atoms with E-state index >= 15 is 0 Å². The minimum absolute atomic E-state index is 0.298. The van der Waals surface area contributed by atoms with Crippen molar-refractivity contribution in [1.82, 2.24) is 0 Å². The molecule has 0 fully saturated rings. The second-order valence-corrected chi connectivity index (χ2v) is 6.21. The van der Waals surface area contributed by atoms with Crippen LogP contribution in [0.15, 0.2) is 66.7 Å². The standard InChI is InChI=1S/C22H19NO/c1-14-8-7-9-15(2)20(14)23-21-18-12-5-3-10-16(18)17-11-4-6-13-19(17)22(21)24/h3-13,23-24H,1-2H3. The molecule has 0 saturated carbocycles. The highest BCUT2D eigenvalue weighted by Crippen LogP contribution is 2.42. The van der Waals surface area contributed by atoms with Gasteiger partial charge in [0.05, 0.1) is 5.69 Å². The second-order valence-electron chi connectivity index (χ2n) is 6.21. The summed E-state index contributed by atoms with van der Waals surface area (Å²) in [7, 11) is 0. The van der Waals surface area contributed by atoms with Gasteiger partial charge in [-0.05, 0) is 35.7 Å². The zero-order valence-corrected chi connectivity index (χ0v) is 13.8. The van der Waals surface area contributed by atoms with Crippen LogP contribution in [-0.2, 0) is 0 Å². The summed E-state index contributed by atoms with van der Waals surface area (Å²) >= 11 is 0. The number of fused-ring (bicyclic) bond motifs is 3. The minimum Gasteiger partial charge on any atom is -0.505 e. The van der Waals surface area contributed by atoms with Crippen LogP contribution in [0.2, 0.25) is 0 Å². The average molecular weight is 313 g/mol. The van der Waals surface area contributed by atoms with E-state index in [-0.39, 0.29) is 0 Å². The third-order valence-corrected chi connectivity index (χ3v) is 4.64. The molecule has 2 heteroatoms. The Kier molecular flexibility index (Phi) is 3.39. The molecule has 0 unspecified atom stereocenters. The van der Waals surface area contributed by atoms with Crippen molar-refractivity contribution >= 4 is 32.9 Å². The van der Waals surface area contributed by atoms with Gasteiger partial charge >= 0.3 is 0 Å². The Morgan fingerprint density at radius 2 is 1.08 bits per heavy atom. The molecular formula is C22H19NO. The molecule has 0 saturated heterocycles. The number of nitrogens with one attached hydrogen (secondary N) is 1. The topological polar surface area (TPSA) is 32.3 Å². The zero-order valence-electron chi connectivity index (χ0n) is 13.8. The molecule has 0 aliphatic rings. The van der Waals surface area contributed by atoms with Crippen molar-refractivity contribution in [1.29, 1.82) is 0 Å². The number of hydrogen-bond acceptors (Lipinski definition) is 2. The van der Waals surface area contributed by atoms with Crippen LogP contribution in [0.4, 0.5) is 11.4 Å². The number of rotatable bonds is 2. The summed E-state index contributed by atoms with van der Waals surface area (Å²) in [4.78, 5) is 0. The fraction of sp³-hybridized carbons (Fsp3) is 0.0909. The molecule has 0 aliphatic carbocycles. The van der Waals surface area contributed by atoms with E-state index in [0.29, 0.717) is 5.75 Å². The van der Waals surface area contributed by atoms with Gasteiger partial charge in [-0.1, -0.05) is 66.7 Å². The SMILES string of the molecule is Cc1cccc(C)c1Nc1c(O)c2ccccc2c2ccccc12. The molecule has 0 radical (unpaired) electrons. The van der Waals surface area contributed by atoms with Crippen molar-refractivity contribution in [2.75, 3.05) is 5.32 Å². The van der Waals surface area contributed by atoms with Crippen LogP contribution >= 0.6 is 0 Å². The average Bonchev–Trinajstić information content (AvgIpc) is 2.61. The molecule has 0 aliphatic heterocycles. The second kappa shape index (κ2) is 5.57. The molecule has 0 heterocycles. The Bertz CT molecular complexity index is 1050. The molecule has 0 amide bonds. The number of phenols is 1. The van der Waals surface area contributed by atoms with E-state index in [1.807, 2.05) is 36.4 Å². The molecule has 0 spiro atoms. The fourth-order valence-electron chi connectivity index (χ4n) is 3.39. The third-order valence-electron chi connectivity index (χ3n) is 4.64. The first kappa shape index (κ1) is 14.6. The zero-order chi connectivity index (χ0) is 16.7. The van der Waals surface area contributed by atoms with E-state index < -0.39 is 0 Å². The van der Waals surface area contributed by atoms with Crippen LogP contribution in [0, 0.1) is 13.8 Å². The van der Waals surface area contributed by atoms with Gasteiger partial charge in [0.1, 0.15) is 5.75 Å². The van der Waals surface area contributed by atoms with Gasteiger partial charge in [0, 0.05) is 16.5 Å². The van der Waals surface area contributed by atoms with Crippen LogP contribution in [0.1, 0.15) is 11.1 Å². The Morgan fingerprint density at radius 1 is 0.583 bits per heavy atom. The molecule has 4 aromatic carbocycles. The Balaban J connectivity index is 2.05. The van der Waals surface area contributed by atoms with Gasteiger partial charge in [-0.15, -0.1) is 0 Å². The van der Waals surface area contributed by atoms with Crippen LogP contribution < -0.4 is 5.32 Å². The maximum absolute atomic E-state index is 10.9. The lowest BCUT2D eigenvalue weighted by Gasteiger charge is -2.18. The van der Waals surface area contributed by atoms with Crippen LogP contribution in [-0.4, -0.2) is 5.11 Å². The maximum atomic E-state index is 10.9. The van der Waals surface area contributed by atoms with Gasteiger partial charge in [0.2, 0.25) is 0 Å². The van der Waals surface area contributed by atoms with Crippen LogP contribution in [0.25, 0.3) is 21.5 Å². The summed E-state index contributed by atoms with van der Waals surface area (Å²) in [6.45, 7) is 4.16. The molecule has 0 atom stereocenters. The van der Waals surface area contributed by atoms with Crippen LogP contribution in [0.3, 0.4) is 0 Å². The van der Waals surface area contributed by atoms with Gasteiger partial charge in [0.15, 0.2) is 0 Å². The van der Waals surface area contributed by atoms with Gasteiger partial charge < -0.3 is 10.4 Å². The summed E-state index contributed by atoms with van der Waals surface area (Å²) in [5, 5.41) is 18.5. The molecular weight excluding hydrogens is 294 g/mol. The summed E-state index contributed by atoms with van der Waals surface area (Å²) in [6.07, 6.45) is 0.